The Morgan fingerprint density at radius 3 is 1.25 bits per heavy atom. The molecular formula is C37H69ClFeN10O10Pt-3. The molecule has 1 aliphatic rings. The zero-order valence-corrected chi connectivity index (χ0v) is 39.0. The summed E-state index contributed by atoms with van der Waals surface area (Å²) in [5, 5.41) is 46.4. The first-order chi connectivity index (χ1) is 28.3. The van der Waals surface area contributed by atoms with Crippen molar-refractivity contribution in [1.82, 2.24) is 36.5 Å². The molecule has 0 unspecified atom stereocenters. The van der Waals surface area contributed by atoms with E-state index in [1.807, 2.05) is 0 Å². The Bertz CT molecular complexity index is 1180. The fraction of sp³-hybridized carbons (Fsp3) is 0.811. The molecule has 1 heterocycles. The van der Waals surface area contributed by atoms with Crippen molar-refractivity contribution in [2.75, 3.05) is 72.0 Å². The van der Waals surface area contributed by atoms with E-state index in [0.29, 0.717) is 105 Å². The van der Waals surface area contributed by atoms with Crippen LogP contribution < -0.4 is 21.3 Å². The van der Waals surface area contributed by atoms with E-state index in [1.54, 1.807) is 18.8 Å². The van der Waals surface area contributed by atoms with Gasteiger partial charge in [-0.2, -0.15) is 13.1 Å². The fourth-order valence-electron chi connectivity index (χ4n) is 5.33. The van der Waals surface area contributed by atoms with Crippen molar-refractivity contribution >= 4 is 50.8 Å². The Morgan fingerprint density at radius 2 is 0.900 bits per heavy atom. The second-order valence-electron chi connectivity index (χ2n) is 13.8. The SMILES string of the molecule is CC(=O)N(O)CCCCCNC(=O)CCC(=O)N(O)CCCCCNC(=O)CCC(=O)N(O)CCCCCNC(=O)CCC(=O)NCC1CC[N-]CC1.[Cl][Pt].[Fe].[NH-]CC[NH-]. The van der Waals surface area contributed by atoms with Gasteiger partial charge in [0.05, 0.1) is 0 Å². The molecule has 0 aromatic rings. The van der Waals surface area contributed by atoms with Gasteiger partial charge in [-0.1, -0.05) is 12.8 Å². The molecule has 0 saturated carbocycles. The van der Waals surface area contributed by atoms with Gasteiger partial charge in [-0.25, -0.2) is 15.2 Å². The first-order valence-corrected chi connectivity index (χ1v) is 23.2. The average Bonchev–Trinajstić information content (AvgIpc) is 3.24. The molecular weight excluding hydrogens is 1030 g/mol. The Hall–Kier alpha value is -2.45. The van der Waals surface area contributed by atoms with Gasteiger partial charge in [0.25, 0.3) is 0 Å². The van der Waals surface area contributed by atoms with Crippen LogP contribution in [0.4, 0.5) is 0 Å². The molecule has 0 spiro atoms. The van der Waals surface area contributed by atoms with E-state index in [-0.39, 0.29) is 112 Å². The van der Waals surface area contributed by atoms with E-state index in [9.17, 15) is 49.2 Å². The minimum Gasteiger partial charge on any atom is -0.679 e. The van der Waals surface area contributed by atoms with Crippen LogP contribution >= 0.6 is 9.42 Å². The number of piperidine rings is 1. The second-order valence-corrected chi connectivity index (χ2v) is 13.8. The van der Waals surface area contributed by atoms with Crippen LogP contribution in [-0.4, -0.2) is 144 Å². The number of hydrogen-bond donors (Lipinski definition) is 7. The zero-order valence-electron chi connectivity index (χ0n) is 34.9. The van der Waals surface area contributed by atoms with Crippen LogP contribution in [0, 0.1) is 5.92 Å². The van der Waals surface area contributed by atoms with Crippen LogP contribution in [0.5, 0.6) is 0 Å². The molecule has 20 nitrogen and oxygen atoms in total. The quantitative estimate of drug-likeness (QED) is 0.0238. The van der Waals surface area contributed by atoms with Crippen molar-refractivity contribution < 1.29 is 85.0 Å². The summed E-state index contributed by atoms with van der Waals surface area (Å²) >= 11 is 1.61. The molecule has 23 heteroatoms. The Labute approximate surface area is 381 Å². The van der Waals surface area contributed by atoms with E-state index in [4.69, 9.17) is 11.5 Å². The predicted octanol–water partition coefficient (Wildman–Crippen LogP) is 3.54. The number of halogens is 1. The summed E-state index contributed by atoms with van der Waals surface area (Å²) in [5.74, 6) is -2.07. The molecule has 0 radical (unpaired) electrons. The number of nitrogens with one attached hydrogen (secondary N) is 6. The van der Waals surface area contributed by atoms with Crippen molar-refractivity contribution in [3.8, 4) is 0 Å². The third-order valence-corrected chi connectivity index (χ3v) is 8.86. The molecule has 0 bridgehead atoms. The van der Waals surface area contributed by atoms with E-state index < -0.39 is 17.7 Å². The van der Waals surface area contributed by atoms with Crippen LogP contribution in [0.1, 0.15) is 116 Å². The van der Waals surface area contributed by atoms with Gasteiger partial charge in [0.15, 0.2) is 0 Å². The average molecular weight is 1100 g/mol. The standard InChI is InChI=1S/C35H63N8O10.C2H6N2.ClH.Fe.Pt/c1-28(44)41(51)24-8-2-5-20-38-31(46)13-15-34(49)43(53)26-10-4-7-21-39-32(47)14-16-35(50)42(52)25-9-3-6-19-37-30(45)11-12-33(48)40-27-29-17-22-36-23-18-29;3-1-2-4;;;/h29,51-53H,2-27H2,1H3,(H,37,45)(H,38,46)(H,39,47)(H,40,48);3-4H,1-2H2;1H;;/q-1;-2;;;+1/p-1. The van der Waals surface area contributed by atoms with Crippen molar-refractivity contribution in [3.05, 3.63) is 16.8 Å². The molecule has 60 heavy (non-hydrogen) atoms. The molecule has 0 atom stereocenters. The van der Waals surface area contributed by atoms with E-state index in [0.717, 1.165) is 25.9 Å². The summed E-state index contributed by atoms with van der Waals surface area (Å²) in [5.41, 5.74) is 12.5. The predicted molar refractivity (Wildman–Crippen MR) is 218 cm³/mol. The van der Waals surface area contributed by atoms with Crippen LogP contribution in [-0.2, 0) is 69.4 Å². The first kappa shape index (κ1) is 61.8. The zero-order chi connectivity index (χ0) is 44.7. The topological polar surface area (TPSA) is 300 Å². The maximum Gasteiger partial charge on any atom is 0 e. The van der Waals surface area contributed by atoms with Crippen LogP contribution in [0.2, 0.25) is 0 Å². The van der Waals surface area contributed by atoms with Gasteiger partial charge in [-0.05, 0) is 63.7 Å². The molecule has 1 saturated heterocycles. The Balaban J connectivity index is -0.00000436. The second kappa shape index (κ2) is 43.2. The Kier molecular flexibility index (Phi) is 44.5. The third-order valence-electron chi connectivity index (χ3n) is 8.86. The van der Waals surface area contributed by atoms with E-state index >= 15 is 0 Å². The van der Waals surface area contributed by atoms with Gasteiger partial charge in [-0.3, -0.25) is 49.2 Å². The van der Waals surface area contributed by atoms with Gasteiger partial charge in [0.2, 0.25) is 41.4 Å². The summed E-state index contributed by atoms with van der Waals surface area (Å²) in [6.45, 7) is 5.67. The molecule has 7 amide bonds. The van der Waals surface area contributed by atoms with Gasteiger partial charge >= 0.3 is 28.2 Å². The summed E-state index contributed by atoms with van der Waals surface area (Å²) < 4.78 is 0. The number of unbranched alkanes of at least 4 members (excludes halogenated alkanes) is 6. The molecule has 1 fully saturated rings. The monoisotopic (exact) mass is 1100 g/mol. The number of amides is 7. The number of nitrogens with zero attached hydrogens (tertiary/aromatic N) is 4. The minimum atomic E-state index is -0.566. The van der Waals surface area contributed by atoms with Gasteiger partial charge < -0.3 is 38.1 Å². The van der Waals surface area contributed by atoms with Crippen LogP contribution in [0.25, 0.3) is 16.8 Å². The van der Waals surface area contributed by atoms with E-state index in [1.165, 1.54) is 6.92 Å². The number of hydrogen-bond acceptors (Lipinski definition) is 10. The van der Waals surface area contributed by atoms with Crippen molar-refractivity contribution in [3.63, 3.8) is 0 Å². The molecule has 9 N–H and O–H groups in total. The maximum absolute atomic E-state index is 12.2. The largest absolute Gasteiger partial charge is 0.679 e. The van der Waals surface area contributed by atoms with Crippen molar-refractivity contribution in [2.45, 2.75) is 116 Å². The first-order valence-electron chi connectivity index (χ1n) is 20.4. The Morgan fingerprint density at radius 1 is 0.567 bits per heavy atom. The van der Waals surface area contributed by atoms with Gasteiger partial charge in [0.1, 0.15) is 0 Å². The van der Waals surface area contributed by atoms with Gasteiger partial charge in [-0.15, -0.1) is 13.1 Å². The molecule has 0 aromatic carbocycles. The van der Waals surface area contributed by atoms with Gasteiger partial charge in [0, 0.05) is 108 Å². The third kappa shape index (κ3) is 38.5. The smallest absolute Gasteiger partial charge is 0 e. The molecule has 1 rings (SSSR count). The molecule has 0 aliphatic carbocycles. The summed E-state index contributed by atoms with van der Waals surface area (Å²) in [6, 6.07) is 0. The fourth-order valence-corrected chi connectivity index (χ4v) is 5.33. The summed E-state index contributed by atoms with van der Waals surface area (Å²) in [7, 11) is 4.61. The van der Waals surface area contributed by atoms with Crippen LogP contribution in [0.3, 0.4) is 0 Å². The molecule has 1 aliphatic heterocycles. The minimum absolute atomic E-state index is 0. The summed E-state index contributed by atoms with van der Waals surface area (Å²) in [6.07, 6.45) is 7.31. The molecule has 0 aromatic heterocycles. The number of carbonyl (C=O) groups excluding carboxylic acids is 7. The van der Waals surface area contributed by atoms with Crippen LogP contribution in [0.15, 0.2) is 0 Å². The number of rotatable bonds is 30. The van der Waals surface area contributed by atoms with Crippen molar-refractivity contribution in [2.24, 2.45) is 5.92 Å². The number of carbonyl (C=O) groups is 7. The molecule has 355 valence electrons. The summed E-state index contributed by atoms with van der Waals surface area (Å²) in [4.78, 5) is 83.2. The normalized spacial score (nSPS) is 11.9. The van der Waals surface area contributed by atoms with Crippen molar-refractivity contribution in [1.29, 1.82) is 0 Å². The number of hydroxylamine groups is 6. The van der Waals surface area contributed by atoms with E-state index in [2.05, 4.69) is 36.0 Å². The maximum atomic E-state index is 12.2.